The minimum Gasteiger partial charge on any atom is -0.363 e. The van der Waals surface area contributed by atoms with Gasteiger partial charge in [0.2, 0.25) is 6.29 Å². The summed E-state index contributed by atoms with van der Waals surface area (Å²) in [5, 5.41) is 0. The number of hydrogen-bond acceptors (Lipinski definition) is 2. The van der Waals surface area contributed by atoms with E-state index >= 15 is 0 Å². The van der Waals surface area contributed by atoms with Crippen molar-refractivity contribution in [3.63, 3.8) is 0 Å². The van der Waals surface area contributed by atoms with Gasteiger partial charge in [0.05, 0.1) is 0 Å². The van der Waals surface area contributed by atoms with E-state index in [0.717, 1.165) is 0 Å². The smallest absolute Gasteiger partial charge is 0.281 e. The minimum absolute atomic E-state index is 0. The van der Waals surface area contributed by atoms with Gasteiger partial charge >= 0.3 is 0 Å². The van der Waals surface area contributed by atoms with Crippen LogP contribution in [0.2, 0.25) is 0 Å². The predicted molar refractivity (Wildman–Crippen MR) is 17.4 cm³/mol. The fourth-order valence-electron chi connectivity index (χ4n) is 0. The molecule has 0 aliphatic carbocycles. The number of carbonyl (C=O) groups is 2. The largest absolute Gasteiger partial charge is 0.363 e. The third-order valence-electron chi connectivity index (χ3n) is 0.116. The van der Waals surface area contributed by atoms with Crippen molar-refractivity contribution < 1.29 is 9.59 Å². The molecule has 0 aromatic rings. The van der Waals surface area contributed by atoms with Crippen LogP contribution in [-0.4, -0.2) is 12.2 Å². The number of aldehydes is 1. The van der Waals surface area contributed by atoms with E-state index in [1.54, 1.807) is 0 Å². The second kappa shape index (κ2) is 4.10. The molecule has 1 amide bonds. The number of nitrogens with two attached hydrogens (primary N) is 1. The molecule has 3 radical (unpaired) electrons. The highest BCUT2D eigenvalue weighted by molar-refractivity contribution is 6.22. The third-order valence-corrected chi connectivity index (χ3v) is 0.116. The Morgan fingerprint density at radius 3 is 1.83 bits per heavy atom. The van der Waals surface area contributed by atoms with Crippen LogP contribution in [0.15, 0.2) is 0 Å². The molecule has 0 spiro atoms. The van der Waals surface area contributed by atoms with E-state index in [0.29, 0.717) is 0 Å². The van der Waals surface area contributed by atoms with Crippen LogP contribution in [0, 0.1) is 0 Å². The van der Waals surface area contributed by atoms with Crippen molar-refractivity contribution in [3.8, 4) is 0 Å². The highest BCUT2D eigenvalue weighted by Crippen LogP contribution is 1.30. The molecular formula is C2H3N2O2. The first-order valence-corrected chi connectivity index (χ1v) is 1.02. The average molecular weight is 87.1 g/mol. The van der Waals surface area contributed by atoms with Gasteiger partial charge < -0.3 is 5.73 Å². The van der Waals surface area contributed by atoms with Crippen LogP contribution in [0.3, 0.4) is 0 Å². The Balaban J connectivity index is 0. The first-order valence-electron chi connectivity index (χ1n) is 1.02. The summed E-state index contributed by atoms with van der Waals surface area (Å²) in [6.07, 6.45) is 0.0556. The van der Waals surface area contributed by atoms with E-state index in [2.05, 4.69) is 5.73 Å². The highest BCUT2D eigenvalue weighted by Gasteiger charge is 1.76. The van der Waals surface area contributed by atoms with Gasteiger partial charge in [-0.1, -0.05) is 0 Å². The molecule has 0 aliphatic rings. The third kappa shape index (κ3) is 11.3. The Morgan fingerprint density at radius 2 is 1.83 bits per heavy atom. The summed E-state index contributed by atoms with van der Waals surface area (Å²) in [4.78, 5) is 18.3. The van der Waals surface area contributed by atoms with Crippen molar-refractivity contribution in [2.24, 2.45) is 5.73 Å². The van der Waals surface area contributed by atoms with Crippen molar-refractivity contribution in [2.45, 2.75) is 0 Å². The van der Waals surface area contributed by atoms with E-state index in [1.807, 2.05) is 0 Å². The number of primary amides is 1. The minimum atomic E-state index is -0.926. The predicted octanol–water partition coefficient (Wildman–Crippen LogP) is -1.81. The number of nitrogens with zero attached hydrogens (tertiary/aromatic N) is 1. The Kier molecular flexibility index (Phi) is 6.10. The van der Waals surface area contributed by atoms with Crippen LogP contribution in [-0.2, 0) is 9.59 Å². The molecule has 4 heteroatoms. The van der Waals surface area contributed by atoms with Crippen LogP contribution >= 0.6 is 0 Å². The number of amides is 1. The van der Waals surface area contributed by atoms with Crippen molar-refractivity contribution in [2.75, 3.05) is 0 Å². The fourth-order valence-corrected chi connectivity index (χ4v) is 0. The van der Waals surface area contributed by atoms with Crippen LogP contribution in [0.1, 0.15) is 0 Å². The summed E-state index contributed by atoms with van der Waals surface area (Å²) in [5.74, 6) is -0.926. The fraction of sp³-hybridized carbons (Fsp3) is 0. The molecule has 0 fully saturated rings. The van der Waals surface area contributed by atoms with Crippen molar-refractivity contribution in [1.82, 2.24) is 6.15 Å². The number of carbonyl (C=O) groups excluding carboxylic acids is 2. The SMILES string of the molecule is NC(=O)C=O.[N]. The molecule has 0 saturated carbocycles. The maximum atomic E-state index is 9.22. The Hall–Kier alpha value is -0.900. The van der Waals surface area contributed by atoms with E-state index in [-0.39, 0.29) is 12.4 Å². The summed E-state index contributed by atoms with van der Waals surface area (Å²) in [6.45, 7) is 0. The molecule has 6 heavy (non-hydrogen) atoms. The van der Waals surface area contributed by atoms with Crippen LogP contribution in [0.4, 0.5) is 0 Å². The van der Waals surface area contributed by atoms with Crippen molar-refractivity contribution in [1.29, 1.82) is 0 Å². The Bertz CT molecular complexity index is 60.6. The zero-order valence-corrected chi connectivity index (χ0v) is 2.92. The summed E-state index contributed by atoms with van der Waals surface area (Å²) in [5.41, 5.74) is 4.28. The molecular weight excluding hydrogens is 84.0 g/mol. The van der Waals surface area contributed by atoms with Gasteiger partial charge in [0, 0.05) is 6.15 Å². The van der Waals surface area contributed by atoms with Crippen molar-refractivity contribution in [3.05, 3.63) is 0 Å². The summed E-state index contributed by atoms with van der Waals surface area (Å²) in [6, 6.07) is 0. The Morgan fingerprint density at radius 1 is 1.67 bits per heavy atom. The van der Waals surface area contributed by atoms with Gasteiger partial charge in [0.25, 0.3) is 5.91 Å². The second-order valence-electron chi connectivity index (χ2n) is 0.520. The van der Waals surface area contributed by atoms with E-state index in [9.17, 15) is 4.79 Å². The Labute approximate surface area is 34.9 Å². The summed E-state index contributed by atoms with van der Waals surface area (Å²) < 4.78 is 0. The van der Waals surface area contributed by atoms with Gasteiger partial charge in [0.1, 0.15) is 0 Å². The molecule has 0 heterocycles. The normalized spacial score (nSPS) is 5.33. The van der Waals surface area contributed by atoms with Gasteiger partial charge in [-0.15, -0.1) is 0 Å². The van der Waals surface area contributed by atoms with Gasteiger partial charge in [-0.2, -0.15) is 0 Å². The molecule has 0 saturated heterocycles. The molecule has 0 atom stereocenters. The van der Waals surface area contributed by atoms with E-state index in [4.69, 9.17) is 4.79 Å². The summed E-state index contributed by atoms with van der Waals surface area (Å²) >= 11 is 0. The van der Waals surface area contributed by atoms with Gasteiger partial charge in [0.15, 0.2) is 0 Å². The monoisotopic (exact) mass is 87.0 g/mol. The molecule has 4 nitrogen and oxygen atoms in total. The molecule has 33 valence electrons. The molecule has 0 aliphatic heterocycles. The molecule has 0 unspecified atom stereocenters. The highest BCUT2D eigenvalue weighted by atomic mass is 16.2. The number of hydrogen-bond donors (Lipinski definition) is 1. The lowest BCUT2D eigenvalue weighted by Gasteiger charge is -1.60. The summed E-state index contributed by atoms with van der Waals surface area (Å²) in [7, 11) is 0. The van der Waals surface area contributed by atoms with Gasteiger partial charge in [-0.25, -0.2) is 0 Å². The molecule has 0 aromatic carbocycles. The maximum absolute atomic E-state index is 9.22. The zero-order valence-electron chi connectivity index (χ0n) is 2.92. The number of rotatable bonds is 1. The van der Waals surface area contributed by atoms with Crippen LogP contribution in [0.25, 0.3) is 0 Å². The first-order chi connectivity index (χ1) is 2.27. The standard InChI is InChI=1S/C2H3NO2.N/c3-2(5)1-4;/h1H,(H2,3,5);. The van der Waals surface area contributed by atoms with E-state index < -0.39 is 5.91 Å². The van der Waals surface area contributed by atoms with Gasteiger partial charge in [-0.05, 0) is 0 Å². The molecule has 2 N–H and O–H groups in total. The lowest BCUT2D eigenvalue weighted by atomic mass is 10.8. The van der Waals surface area contributed by atoms with Crippen LogP contribution < -0.4 is 11.9 Å². The van der Waals surface area contributed by atoms with Crippen molar-refractivity contribution >= 4 is 12.2 Å². The molecule has 0 aromatic heterocycles. The topological polar surface area (TPSA) is 90.7 Å². The first kappa shape index (κ1) is 8.92. The zero-order chi connectivity index (χ0) is 4.28. The maximum Gasteiger partial charge on any atom is 0.281 e. The molecule has 0 bridgehead atoms. The average Bonchev–Trinajstić information content (AvgIpc) is 1.38. The molecule has 0 rings (SSSR count). The van der Waals surface area contributed by atoms with E-state index in [1.165, 1.54) is 0 Å². The van der Waals surface area contributed by atoms with Gasteiger partial charge in [-0.3, -0.25) is 9.59 Å². The van der Waals surface area contributed by atoms with Crippen LogP contribution in [0.5, 0.6) is 0 Å². The lowest BCUT2D eigenvalue weighted by Crippen LogP contribution is -2.10. The second-order valence-corrected chi connectivity index (χ2v) is 0.520. The lowest BCUT2D eigenvalue weighted by molar-refractivity contribution is -0.129. The quantitative estimate of drug-likeness (QED) is 0.301.